The molecule has 0 bridgehead atoms. The van der Waals surface area contributed by atoms with Gasteiger partial charge in [-0.2, -0.15) is 5.10 Å². The van der Waals surface area contributed by atoms with Crippen molar-refractivity contribution in [2.24, 2.45) is 15.9 Å². The minimum absolute atomic E-state index is 0. The van der Waals surface area contributed by atoms with E-state index in [0.29, 0.717) is 5.17 Å². The standard InChI is InChI=1S/C11H16N4S.BrH/c1-2-3-8-16-11(12)15-14-9-10-4-6-13-7-5-10;/h4-7,9H,2-3,8H2,1H3,(H2,12,15);1H/b14-9+;. The van der Waals surface area contributed by atoms with Crippen LogP contribution >= 0.6 is 28.7 Å². The molecule has 1 heterocycles. The molecule has 0 aliphatic heterocycles. The summed E-state index contributed by atoms with van der Waals surface area (Å²) in [7, 11) is 0. The first kappa shape index (κ1) is 16.1. The average molecular weight is 317 g/mol. The minimum Gasteiger partial charge on any atom is -0.377 e. The van der Waals surface area contributed by atoms with Gasteiger partial charge >= 0.3 is 0 Å². The van der Waals surface area contributed by atoms with Gasteiger partial charge in [0.2, 0.25) is 0 Å². The molecule has 0 spiro atoms. The van der Waals surface area contributed by atoms with E-state index in [9.17, 15) is 0 Å². The zero-order chi connectivity index (χ0) is 11.6. The van der Waals surface area contributed by atoms with Gasteiger partial charge in [-0.05, 0) is 24.1 Å². The van der Waals surface area contributed by atoms with Gasteiger partial charge in [0.15, 0.2) is 5.17 Å². The minimum atomic E-state index is 0. The summed E-state index contributed by atoms with van der Waals surface area (Å²) in [5.41, 5.74) is 6.63. The van der Waals surface area contributed by atoms with Crippen molar-refractivity contribution in [3.05, 3.63) is 30.1 Å². The number of pyridine rings is 1. The molecule has 0 aliphatic carbocycles. The first-order valence-corrected chi connectivity index (χ1v) is 6.21. The molecule has 0 atom stereocenters. The molecule has 0 unspecified atom stereocenters. The summed E-state index contributed by atoms with van der Waals surface area (Å²) in [4.78, 5) is 3.91. The van der Waals surface area contributed by atoms with Crippen LogP contribution in [0.4, 0.5) is 0 Å². The second-order valence-electron chi connectivity index (χ2n) is 3.17. The Bertz CT molecular complexity index is 354. The molecule has 1 aromatic heterocycles. The molecule has 4 nitrogen and oxygen atoms in total. The lowest BCUT2D eigenvalue weighted by atomic mass is 10.3. The lowest BCUT2D eigenvalue weighted by molar-refractivity contribution is 0.898. The van der Waals surface area contributed by atoms with E-state index in [1.165, 1.54) is 18.2 Å². The second-order valence-corrected chi connectivity index (χ2v) is 4.28. The van der Waals surface area contributed by atoms with Gasteiger partial charge in [0, 0.05) is 18.1 Å². The van der Waals surface area contributed by atoms with Crippen molar-refractivity contribution < 1.29 is 0 Å². The van der Waals surface area contributed by atoms with Gasteiger partial charge in [0.25, 0.3) is 0 Å². The Morgan fingerprint density at radius 2 is 2.18 bits per heavy atom. The third kappa shape index (κ3) is 7.93. The first-order chi connectivity index (χ1) is 7.83. The van der Waals surface area contributed by atoms with Gasteiger partial charge in [-0.15, -0.1) is 22.1 Å². The van der Waals surface area contributed by atoms with Crippen LogP contribution in [0.1, 0.15) is 25.3 Å². The van der Waals surface area contributed by atoms with Crippen molar-refractivity contribution in [2.75, 3.05) is 5.75 Å². The van der Waals surface area contributed by atoms with E-state index in [-0.39, 0.29) is 17.0 Å². The van der Waals surface area contributed by atoms with E-state index in [0.717, 1.165) is 17.7 Å². The average Bonchev–Trinajstić information content (AvgIpc) is 2.31. The molecule has 0 aliphatic rings. The highest BCUT2D eigenvalue weighted by molar-refractivity contribution is 8.93. The molecule has 6 heteroatoms. The molecule has 0 aromatic carbocycles. The van der Waals surface area contributed by atoms with Gasteiger partial charge in [-0.1, -0.05) is 25.1 Å². The lowest BCUT2D eigenvalue weighted by Gasteiger charge is -1.96. The van der Waals surface area contributed by atoms with Crippen molar-refractivity contribution in [2.45, 2.75) is 19.8 Å². The molecule has 17 heavy (non-hydrogen) atoms. The van der Waals surface area contributed by atoms with Gasteiger partial charge < -0.3 is 5.73 Å². The molecule has 1 rings (SSSR count). The predicted molar refractivity (Wildman–Crippen MR) is 81.1 cm³/mol. The van der Waals surface area contributed by atoms with Crippen molar-refractivity contribution in [1.29, 1.82) is 0 Å². The summed E-state index contributed by atoms with van der Waals surface area (Å²) < 4.78 is 0. The maximum atomic E-state index is 5.67. The van der Waals surface area contributed by atoms with Crippen LogP contribution in [0.25, 0.3) is 0 Å². The van der Waals surface area contributed by atoms with Crippen molar-refractivity contribution in [3.63, 3.8) is 0 Å². The molecule has 1 aromatic rings. The second kappa shape index (κ2) is 10.3. The van der Waals surface area contributed by atoms with Gasteiger partial charge in [0.1, 0.15) is 0 Å². The molecular formula is C11H17BrN4S. The number of nitrogens with two attached hydrogens (primary N) is 1. The van der Waals surface area contributed by atoms with Crippen molar-refractivity contribution >= 4 is 40.1 Å². The largest absolute Gasteiger partial charge is 0.377 e. The SMILES string of the molecule is Br.CCCCS/C(N)=N\N=C\c1ccncc1. The molecule has 0 saturated carbocycles. The van der Waals surface area contributed by atoms with Gasteiger partial charge in [-0.25, -0.2) is 0 Å². The van der Waals surface area contributed by atoms with Crippen LogP contribution in [0.3, 0.4) is 0 Å². The van der Waals surface area contributed by atoms with Gasteiger partial charge in [-0.3, -0.25) is 4.98 Å². The van der Waals surface area contributed by atoms with E-state index in [2.05, 4.69) is 22.1 Å². The number of hydrogen-bond donors (Lipinski definition) is 1. The Morgan fingerprint density at radius 1 is 1.47 bits per heavy atom. The zero-order valence-electron chi connectivity index (χ0n) is 9.74. The summed E-state index contributed by atoms with van der Waals surface area (Å²) in [5.74, 6) is 0.997. The number of halogens is 1. The van der Waals surface area contributed by atoms with Gasteiger partial charge in [0.05, 0.1) is 6.21 Å². The fourth-order valence-electron chi connectivity index (χ4n) is 0.952. The van der Waals surface area contributed by atoms with Crippen LogP contribution in [0.5, 0.6) is 0 Å². The van der Waals surface area contributed by atoms with Crippen LogP contribution in [-0.4, -0.2) is 22.1 Å². The molecule has 0 saturated heterocycles. The Kier molecular flexibility index (Phi) is 9.75. The fraction of sp³-hybridized carbons (Fsp3) is 0.364. The summed E-state index contributed by atoms with van der Waals surface area (Å²) in [6, 6.07) is 3.72. The number of unbranched alkanes of at least 4 members (excludes halogenated alkanes) is 1. The van der Waals surface area contributed by atoms with Crippen LogP contribution in [0, 0.1) is 0 Å². The number of hydrogen-bond acceptors (Lipinski definition) is 4. The summed E-state index contributed by atoms with van der Waals surface area (Å²) >= 11 is 1.54. The van der Waals surface area contributed by atoms with Crippen LogP contribution in [0.2, 0.25) is 0 Å². The Hall–Kier alpha value is -0.880. The number of rotatable bonds is 5. The third-order valence-electron chi connectivity index (χ3n) is 1.82. The Morgan fingerprint density at radius 3 is 2.82 bits per heavy atom. The van der Waals surface area contributed by atoms with Crippen LogP contribution in [-0.2, 0) is 0 Å². The molecule has 0 fully saturated rings. The number of amidine groups is 1. The molecule has 0 amide bonds. The molecule has 0 radical (unpaired) electrons. The highest BCUT2D eigenvalue weighted by Gasteiger charge is 1.91. The predicted octanol–water partition coefficient (Wildman–Crippen LogP) is 2.84. The third-order valence-corrected chi connectivity index (χ3v) is 2.69. The zero-order valence-corrected chi connectivity index (χ0v) is 12.3. The maximum Gasteiger partial charge on any atom is 0.180 e. The number of thioether (sulfide) groups is 1. The summed E-state index contributed by atoms with van der Waals surface area (Å²) in [6.45, 7) is 2.15. The lowest BCUT2D eigenvalue weighted by Crippen LogP contribution is -2.06. The summed E-state index contributed by atoms with van der Waals surface area (Å²) in [5, 5.41) is 8.32. The number of nitrogens with zero attached hydrogens (tertiary/aromatic N) is 3. The highest BCUT2D eigenvalue weighted by Crippen LogP contribution is 2.04. The molecule has 2 N–H and O–H groups in total. The van der Waals surface area contributed by atoms with E-state index in [4.69, 9.17) is 5.73 Å². The normalized spacial score (nSPS) is 11.5. The Labute approximate surface area is 117 Å². The van der Waals surface area contributed by atoms with E-state index in [1.54, 1.807) is 18.6 Å². The van der Waals surface area contributed by atoms with Crippen LogP contribution in [0.15, 0.2) is 34.7 Å². The monoisotopic (exact) mass is 316 g/mol. The van der Waals surface area contributed by atoms with Crippen molar-refractivity contribution in [3.8, 4) is 0 Å². The van der Waals surface area contributed by atoms with E-state index >= 15 is 0 Å². The number of aromatic nitrogens is 1. The summed E-state index contributed by atoms with van der Waals surface area (Å²) in [6.07, 6.45) is 7.40. The maximum absolute atomic E-state index is 5.67. The highest BCUT2D eigenvalue weighted by atomic mass is 79.9. The van der Waals surface area contributed by atoms with Crippen molar-refractivity contribution in [1.82, 2.24) is 4.98 Å². The topological polar surface area (TPSA) is 63.6 Å². The fourth-order valence-corrected chi connectivity index (χ4v) is 1.70. The van der Waals surface area contributed by atoms with E-state index in [1.807, 2.05) is 12.1 Å². The first-order valence-electron chi connectivity index (χ1n) is 5.22. The van der Waals surface area contributed by atoms with Crippen LogP contribution < -0.4 is 5.73 Å². The molecule has 94 valence electrons. The smallest absolute Gasteiger partial charge is 0.180 e. The van der Waals surface area contributed by atoms with E-state index < -0.39 is 0 Å². The molecular weight excluding hydrogens is 300 g/mol. The quantitative estimate of drug-likeness (QED) is 0.393. The Balaban J connectivity index is 0.00000256.